The zero-order valence-electron chi connectivity index (χ0n) is 15.3. The van der Waals surface area contributed by atoms with E-state index in [9.17, 15) is 4.79 Å². The molecule has 1 aliphatic heterocycles. The molecule has 0 spiro atoms. The number of amides is 1. The maximum Gasteiger partial charge on any atom is 0.271 e. The summed E-state index contributed by atoms with van der Waals surface area (Å²) in [5.74, 6) is -0.114. The number of benzene rings is 1. The van der Waals surface area contributed by atoms with E-state index in [4.69, 9.17) is 16.3 Å². The van der Waals surface area contributed by atoms with Crippen LogP contribution in [0, 0.1) is 0 Å². The van der Waals surface area contributed by atoms with E-state index in [0.717, 1.165) is 24.1 Å². The smallest absolute Gasteiger partial charge is 0.271 e. The molecule has 1 aromatic carbocycles. The first kappa shape index (κ1) is 18.3. The fraction of sp³-hybridized carbons (Fsp3) is 0.429. The minimum absolute atomic E-state index is 0.0798. The van der Waals surface area contributed by atoms with Gasteiger partial charge in [-0.1, -0.05) is 35.4 Å². The number of aromatic nitrogens is 2. The zero-order valence-corrected chi connectivity index (χ0v) is 16.0. The molecule has 0 unspecified atom stereocenters. The molecular weight excluding hydrogens is 362 g/mol. The van der Waals surface area contributed by atoms with Gasteiger partial charge in [0.15, 0.2) is 5.69 Å². The molecule has 2 aromatic rings. The lowest BCUT2D eigenvalue weighted by Crippen LogP contribution is -2.26. The monoisotopic (exact) mass is 385 g/mol. The van der Waals surface area contributed by atoms with E-state index in [1.807, 2.05) is 35.0 Å². The quantitative estimate of drug-likeness (QED) is 0.774. The highest BCUT2D eigenvalue weighted by Crippen LogP contribution is 2.27. The molecule has 6 heteroatoms. The largest absolute Gasteiger partial charge is 0.365 e. The predicted molar refractivity (Wildman–Crippen MR) is 105 cm³/mol. The van der Waals surface area contributed by atoms with E-state index in [1.165, 1.54) is 24.8 Å². The molecular formula is C21H24ClN3O2. The van der Waals surface area contributed by atoms with Crippen molar-refractivity contribution < 1.29 is 9.53 Å². The van der Waals surface area contributed by atoms with Gasteiger partial charge in [0.2, 0.25) is 0 Å². The number of hydrogen-bond acceptors (Lipinski definition) is 3. The Labute approximate surface area is 164 Å². The molecule has 142 valence electrons. The molecule has 1 aliphatic carbocycles. The van der Waals surface area contributed by atoms with Crippen LogP contribution in [0.25, 0.3) is 0 Å². The SMILES string of the molecule is O=C(NCCC1=CCCCC1)c1cc2n(n1)C[C@H](c1ccc(Cl)cc1)OC2. The van der Waals surface area contributed by atoms with Crippen molar-refractivity contribution in [2.75, 3.05) is 6.54 Å². The van der Waals surface area contributed by atoms with Gasteiger partial charge in [0, 0.05) is 11.6 Å². The highest BCUT2D eigenvalue weighted by Gasteiger charge is 2.24. The summed E-state index contributed by atoms with van der Waals surface area (Å²) in [4.78, 5) is 12.4. The minimum atomic E-state index is -0.114. The Bertz CT molecular complexity index is 842. The number of carbonyl (C=O) groups is 1. The summed E-state index contributed by atoms with van der Waals surface area (Å²) in [5.41, 5.74) is 3.92. The van der Waals surface area contributed by atoms with Crippen LogP contribution in [-0.2, 0) is 17.9 Å². The van der Waals surface area contributed by atoms with Gasteiger partial charge in [-0.3, -0.25) is 9.48 Å². The van der Waals surface area contributed by atoms with Crippen molar-refractivity contribution in [1.29, 1.82) is 0 Å². The number of hydrogen-bond donors (Lipinski definition) is 1. The number of carbonyl (C=O) groups excluding carboxylic acids is 1. The lowest BCUT2D eigenvalue weighted by molar-refractivity contribution is -0.00119. The minimum Gasteiger partial charge on any atom is -0.365 e. The van der Waals surface area contributed by atoms with Gasteiger partial charge < -0.3 is 10.1 Å². The average Bonchev–Trinajstić information content (AvgIpc) is 3.13. The molecule has 2 aliphatic rings. The fourth-order valence-electron chi connectivity index (χ4n) is 3.67. The molecule has 1 atom stereocenters. The average molecular weight is 386 g/mol. The molecule has 1 amide bonds. The van der Waals surface area contributed by atoms with Gasteiger partial charge in [-0.25, -0.2) is 0 Å². The van der Waals surface area contributed by atoms with Crippen LogP contribution in [0.4, 0.5) is 0 Å². The van der Waals surface area contributed by atoms with E-state index in [0.29, 0.717) is 30.4 Å². The van der Waals surface area contributed by atoms with Crippen LogP contribution in [0.3, 0.4) is 0 Å². The Kier molecular flexibility index (Phi) is 5.60. The third-order valence-corrected chi connectivity index (χ3v) is 5.48. The number of rotatable bonds is 5. The van der Waals surface area contributed by atoms with Gasteiger partial charge in [-0.05, 0) is 55.9 Å². The molecule has 5 nitrogen and oxygen atoms in total. The standard InChI is InChI=1S/C21H24ClN3O2/c22-17-8-6-16(7-9-17)20-13-25-18(14-27-20)12-19(24-25)21(26)23-11-10-15-4-2-1-3-5-15/h4,6-9,12,20H,1-3,5,10-11,13-14H2,(H,23,26)/t20-/m1/s1. The number of fused-ring (bicyclic) bond motifs is 1. The molecule has 1 N–H and O–H groups in total. The maximum absolute atomic E-state index is 12.4. The van der Waals surface area contributed by atoms with Gasteiger partial charge >= 0.3 is 0 Å². The van der Waals surface area contributed by atoms with Gasteiger partial charge in [-0.2, -0.15) is 5.10 Å². The normalized spacial score (nSPS) is 19.3. The second kappa shape index (κ2) is 8.28. The molecule has 0 saturated carbocycles. The third kappa shape index (κ3) is 4.42. The summed E-state index contributed by atoms with van der Waals surface area (Å²) < 4.78 is 7.82. The second-order valence-corrected chi connectivity index (χ2v) is 7.60. The van der Waals surface area contributed by atoms with Gasteiger partial charge in [-0.15, -0.1) is 0 Å². The number of ether oxygens (including phenoxy) is 1. The predicted octanol–water partition coefficient (Wildman–Crippen LogP) is 4.43. The topological polar surface area (TPSA) is 56.2 Å². The Morgan fingerprint density at radius 1 is 1.30 bits per heavy atom. The van der Waals surface area contributed by atoms with Crippen LogP contribution in [0.15, 0.2) is 42.0 Å². The second-order valence-electron chi connectivity index (χ2n) is 7.17. The summed E-state index contributed by atoms with van der Waals surface area (Å²) in [5, 5.41) is 8.19. The summed E-state index contributed by atoms with van der Waals surface area (Å²) in [6, 6.07) is 9.48. The van der Waals surface area contributed by atoms with Crippen LogP contribution in [0.1, 0.15) is 60.0 Å². The summed E-state index contributed by atoms with van der Waals surface area (Å²) in [6.45, 7) is 1.70. The van der Waals surface area contributed by atoms with E-state index in [-0.39, 0.29) is 12.0 Å². The highest BCUT2D eigenvalue weighted by molar-refractivity contribution is 6.30. The molecule has 1 aromatic heterocycles. The lowest BCUT2D eigenvalue weighted by atomic mass is 9.97. The van der Waals surface area contributed by atoms with Crippen molar-refractivity contribution in [2.45, 2.75) is 51.4 Å². The Balaban J connectivity index is 1.35. The van der Waals surface area contributed by atoms with E-state index in [1.54, 1.807) is 0 Å². The van der Waals surface area contributed by atoms with Crippen molar-refractivity contribution in [1.82, 2.24) is 15.1 Å². The van der Waals surface area contributed by atoms with Crippen LogP contribution in [0.5, 0.6) is 0 Å². The molecule has 0 saturated heterocycles. The Morgan fingerprint density at radius 2 is 2.15 bits per heavy atom. The maximum atomic E-state index is 12.4. The summed E-state index contributed by atoms with van der Waals surface area (Å²) in [7, 11) is 0. The molecule has 27 heavy (non-hydrogen) atoms. The Morgan fingerprint density at radius 3 is 2.93 bits per heavy atom. The molecule has 2 heterocycles. The Hall–Kier alpha value is -2.11. The van der Waals surface area contributed by atoms with Crippen molar-refractivity contribution in [3.8, 4) is 0 Å². The first-order chi connectivity index (χ1) is 13.2. The number of allylic oxidation sites excluding steroid dienone is 1. The molecule has 4 rings (SSSR count). The number of nitrogens with one attached hydrogen (secondary N) is 1. The van der Waals surface area contributed by atoms with Crippen LogP contribution < -0.4 is 5.32 Å². The van der Waals surface area contributed by atoms with Crippen molar-refractivity contribution in [3.63, 3.8) is 0 Å². The van der Waals surface area contributed by atoms with Crippen molar-refractivity contribution in [3.05, 3.63) is 64.0 Å². The molecule has 0 radical (unpaired) electrons. The number of nitrogens with zero attached hydrogens (tertiary/aromatic N) is 2. The first-order valence-electron chi connectivity index (χ1n) is 9.59. The highest BCUT2D eigenvalue weighted by atomic mass is 35.5. The summed E-state index contributed by atoms with van der Waals surface area (Å²) in [6.07, 6.45) is 8.06. The van der Waals surface area contributed by atoms with Crippen LogP contribution in [-0.4, -0.2) is 22.2 Å². The molecule has 0 fully saturated rings. The third-order valence-electron chi connectivity index (χ3n) is 5.23. The first-order valence-corrected chi connectivity index (χ1v) is 9.97. The summed E-state index contributed by atoms with van der Waals surface area (Å²) >= 11 is 5.95. The van der Waals surface area contributed by atoms with E-state index >= 15 is 0 Å². The van der Waals surface area contributed by atoms with Gasteiger partial charge in [0.25, 0.3) is 5.91 Å². The van der Waals surface area contributed by atoms with Crippen molar-refractivity contribution >= 4 is 17.5 Å². The van der Waals surface area contributed by atoms with Gasteiger partial charge in [0.1, 0.15) is 6.10 Å². The lowest BCUT2D eigenvalue weighted by Gasteiger charge is -2.24. The van der Waals surface area contributed by atoms with E-state index < -0.39 is 0 Å². The molecule has 0 bridgehead atoms. The fourth-order valence-corrected chi connectivity index (χ4v) is 3.80. The van der Waals surface area contributed by atoms with E-state index in [2.05, 4.69) is 16.5 Å². The van der Waals surface area contributed by atoms with Crippen LogP contribution in [0.2, 0.25) is 5.02 Å². The van der Waals surface area contributed by atoms with Crippen molar-refractivity contribution in [2.24, 2.45) is 0 Å². The van der Waals surface area contributed by atoms with Crippen LogP contribution >= 0.6 is 11.6 Å². The zero-order chi connectivity index (χ0) is 18.6. The van der Waals surface area contributed by atoms with Gasteiger partial charge in [0.05, 0.1) is 18.8 Å². The number of halogens is 1.